The van der Waals surface area contributed by atoms with Crippen LogP contribution in [0.4, 0.5) is 9.59 Å². The molecule has 614 valence electrons. The van der Waals surface area contributed by atoms with Gasteiger partial charge >= 0.3 is 24.1 Å². The molecule has 0 aromatic carbocycles. The molecule has 6 heterocycles. The maximum atomic E-state index is 13.3. The van der Waals surface area contributed by atoms with Gasteiger partial charge < -0.3 is 87.5 Å². The van der Waals surface area contributed by atoms with E-state index in [1.165, 1.54) is 6.92 Å². The molecule has 0 aliphatic carbocycles. The van der Waals surface area contributed by atoms with Gasteiger partial charge in [0.15, 0.2) is 23.8 Å². The highest BCUT2D eigenvalue weighted by atomic mass is 16.7. The molecule has 6 aliphatic rings. The fourth-order valence-corrected chi connectivity index (χ4v) is 17.1. The van der Waals surface area contributed by atoms with Crippen molar-refractivity contribution in [3.8, 4) is 0 Å². The van der Waals surface area contributed by atoms with E-state index in [1.807, 2.05) is 55.4 Å². The zero-order valence-corrected chi connectivity index (χ0v) is 70.0. The van der Waals surface area contributed by atoms with Gasteiger partial charge in [-0.05, 0) is 185 Å². The first-order valence-corrected chi connectivity index (χ1v) is 38.6. The maximum Gasteiger partial charge on any atom is 0.410 e. The lowest BCUT2D eigenvalue weighted by atomic mass is 9.75. The van der Waals surface area contributed by atoms with E-state index in [4.69, 9.17) is 73.6 Å². The van der Waals surface area contributed by atoms with E-state index in [-0.39, 0.29) is 78.3 Å². The standard InChI is InChI=1S/C39H69N5O9.C25H43NO7.C13H25N5O3/c1-15-30(45)39(11)32(44(36(47)53-39)19-17-16-18-41-42-40)24(3)20-23(2)22-38(10,48-14)33(27(6)31-28(7)34(46)52-37(8,9)51-31)50-35-26(5)29(43(12)13)21-25(4)49-35;1-14(27)13-25(8,29-11)21(17(4)20-18(5)22(28)33-24(6,7)32-20)31-23-16(3)19(26(9)10)12-15(2)30-23;1-4-10(19)13(3)11(9(2)14)18(12(20)21-13)8-6-5-7-16-17-15/h23-27,29-30,32-33,35,45H,15-22H2,1-14H3;15-17,19,21,23H,12-13H2,1-11H3;9-11,19H,4-8,14H2,1-3H3/t23?,24-,25+,26+,27-,29?,30+,32+,33+,35-,38+,39+;15?,16?,17?,19?,21-,23+,25-;9-,10-,11-,13-/m011/s1. The van der Waals surface area contributed by atoms with Crippen molar-refractivity contribution < 1.29 is 91.0 Å². The lowest BCUT2D eigenvalue weighted by Gasteiger charge is -2.48. The lowest BCUT2D eigenvalue weighted by Crippen LogP contribution is -2.58. The second-order valence-corrected chi connectivity index (χ2v) is 33.2. The Morgan fingerprint density at radius 1 is 0.636 bits per heavy atom. The molecule has 4 N–H and O–H groups in total. The Morgan fingerprint density at radius 2 is 1.01 bits per heavy atom. The molecule has 0 saturated carbocycles. The first-order chi connectivity index (χ1) is 49.6. The molecule has 30 heteroatoms. The normalized spacial score (nSPS) is 30.8. The number of azide groups is 2. The molecule has 0 radical (unpaired) electrons. The van der Waals surface area contributed by atoms with E-state index < -0.39 is 107 Å². The number of nitrogens with zero attached hydrogens (tertiary/aromatic N) is 10. The number of esters is 2. The van der Waals surface area contributed by atoms with Crippen molar-refractivity contribution in [3.63, 3.8) is 0 Å². The Bertz CT molecular complexity index is 3110. The number of rotatable bonds is 36. The number of Topliss-reactive ketones (excluding diaryl/α,β-unsaturated/α-hetero) is 1. The summed E-state index contributed by atoms with van der Waals surface area (Å²) in [6.45, 7) is 43.0. The second-order valence-electron chi connectivity index (χ2n) is 33.2. The third kappa shape index (κ3) is 23.7. The number of unbranched alkanes of at least 4 members (excludes halogenated alkanes) is 2. The molecule has 107 heavy (non-hydrogen) atoms. The van der Waals surface area contributed by atoms with Crippen LogP contribution in [0.5, 0.6) is 0 Å². The minimum absolute atomic E-state index is 0.0111. The van der Waals surface area contributed by atoms with Gasteiger partial charge in [-0.2, -0.15) is 0 Å². The highest BCUT2D eigenvalue weighted by molar-refractivity contribution is 5.90. The van der Waals surface area contributed by atoms with Crippen LogP contribution in [0.1, 0.15) is 223 Å². The number of carbonyl (C=O) groups excluding carboxylic acids is 5. The van der Waals surface area contributed by atoms with Gasteiger partial charge in [-0.15, -0.1) is 0 Å². The Balaban J connectivity index is 0.000000379. The molecule has 0 spiro atoms. The number of carbonyl (C=O) groups is 5. The predicted molar refractivity (Wildman–Crippen MR) is 404 cm³/mol. The molecule has 0 bridgehead atoms. The molecule has 0 aromatic rings. The third-order valence-corrected chi connectivity index (χ3v) is 22.6. The second kappa shape index (κ2) is 40.0. The van der Waals surface area contributed by atoms with Crippen LogP contribution in [-0.4, -0.2) is 242 Å². The van der Waals surface area contributed by atoms with Gasteiger partial charge in [0, 0.05) is 126 Å². The Hall–Kier alpha value is -5.59. The Labute approximate surface area is 637 Å². The lowest BCUT2D eigenvalue weighted by molar-refractivity contribution is -0.285. The van der Waals surface area contributed by atoms with Crippen molar-refractivity contribution in [2.75, 3.05) is 68.6 Å². The quantitative estimate of drug-likeness (QED) is 0.0131. The molecular weight excluding hydrogens is 1380 g/mol. The van der Waals surface area contributed by atoms with Crippen LogP contribution in [0, 0.1) is 35.5 Å². The molecule has 23 atom stereocenters. The van der Waals surface area contributed by atoms with Crippen LogP contribution in [0.2, 0.25) is 0 Å². The summed E-state index contributed by atoms with van der Waals surface area (Å²) in [4.78, 5) is 76.5. The smallest absolute Gasteiger partial charge is 0.410 e. The molecule has 6 rings (SSSR count). The van der Waals surface area contributed by atoms with Crippen molar-refractivity contribution in [1.29, 1.82) is 0 Å². The molecule has 6 unspecified atom stereocenters. The molecular formula is C77H137N11O19. The molecule has 4 saturated heterocycles. The van der Waals surface area contributed by atoms with Gasteiger partial charge in [-0.3, -0.25) is 9.69 Å². The zero-order valence-electron chi connectivity index (χ0n) is 70.0. The van der Waals surface area contributed by atoms with Crippen LogP contribution in [0.25, 0.3) is 20.9 Å². The van der Waals surface area contributed by atoms with Crippen molar-refractivity contribution in [2.24, 2.45) is 51.5 Å². The highest BCUT2D eigenvalue weighted by Crippen LogP contribution is 2.47. The Morgan fingerprint density at radius 3 is 1.36 bits per heavy atom. The summed E-state index contributed by atoms with van der Waals surface area (Å²) in [6, 6.07) is -0.569. The number of aliphatic hydroxyl groups is 2. The molecule has 0 aromatic heterocycles. The van der Waals surface area contributed by atoms with Gasteiger partial charge in [-0.1, -0.05) is 65.6 Å². The summed E-state index contributed by atoms with van der Waals surface area (Å²) in [5.41, 5.74) is 19.7. The van der Waals surface area contributed by atoms with Crippen LogP contribution in [0.3, 0.4) is 0 Å². The molecule has 30 nitrogen and oxygen atoms in total. The summed E-state index contributed by atoms with van der Waals surface area (Å²) in [7, 11) is 11.5. The van der Waals surface area contributed by atoms with Crippen molar-refractivity contribution in [1.82, 2.24) is 19.6 Å². The summed E-state index contributed by atoms with van der Waals surface area (Å²) in [6.07, 6.45) is 1.95. The topological polar surface area (TPSA) is 373 Å². The van der Waals surface area contributed by atoms with Gasteiger partial charge in [-0.25, -0.2) is 19.2 Å². The van der Waals surface area contributed by atoms with E-state index in [1.54, 1.807) is 79.4 Å². The first-order valence-electron chi connectivity index (χ1n) is 38.6. The predicted octanol–water partition coefficient (Wildman–Crippen LogP) is 12.6. The number of hydrogen-bond acceptors (Lipinski definition) is 24. The van der Waals surface area contributed by atoms with Crippen LogP contribution < -0.4 is 5.73 Å². The number of ether oxygens (including phenoxy) is 12. The summed E-state index contributed by atoms with van der Waals surface area (Å²) >= 11 is 0. The summed E-state index contributed by atoms with van der Waals surface area (Å²) in [5.74, 6) is -2.88. The number of methoxy groups -OCH3 is 2. The van der Waals surface area contributed by atoms with Crippen LogP contribution in [-0.2, 0) is 71.2 Å². The van der Waals surface area contributed by atoms with E-state index in [0.29, 0.717) is 100 Å². The van der Waals surface area contributed by atoms with E-state index in [2.05, 4.69) is 92.7 Å². The van der Waals surface area contributed by atoms with Gasteiger partial charge in [0.1, 0.15) is 17.3 Å². The fourth-order valence-electron chi connectivity index (χ4n) is 17.1. The maximum absolute atomic E-state index is 13.3. The number of hydrogen-bond donors (Lipinski definition) is 3. The average molecular weight is 1520 g/mol. The number of ketones is 1. The summed E-state index contributed by atoms with van der Waals surface area (Å²) < 4.78 is 73.7. The summed E-state index contributed by atoms with van der Waals surface area (Å²) in [5, 5.41) is 28.5. The molecule has 6 aliphatic heterocycles. The van der Waals surface area contributed by atoms with Gasteiger partial charge in [0.2, 0.25) is 11.6 Å². The number of amides is 2. The van der Waals surface area contributed by atoms with Crippen LogP contribution >= 0.6 is 0 Å². The third-order valence-electron chi connectivity index (χ3n) is 22.6. The molecule has 4 fully saturated rings. The highest BCUT2D eigenvalue weighted by Gasteiger charge is 2.59. The Kier molecular flexibility index (Phi) is 35.1. The number of aliphatic hydroxyl groups excluding tert-OH is 2. The number of cyclic esters (lactones) is 4. The van der Waals surface area contributed by atoms with Gasteiger partial charge in [0.05, 0.1) is 71.1 Å². The van der Waals surface area contributed by atoms with Crippen molar-refractivity contribution in [3.05, 3.63) is 43.6 Å². The fraction of sp³-hybridized carbons (Fsp3) is 0.883. The molecule has 2 amide bonds. The van der Waals surface area contributed by atoms with E-state index in [0.717, 1.165) is 12.8 Å². The average Bonchev–Trinajstić information content (AvgIpc) is 1.67. The van der Waals surface area contributed by atoms with Crippen molar-refractivity contribution >= 4 is 29.9 Å². The zero-order chi connectivity index (χ0) is 81.4. The minimum atomic E-state index is -1.15. The van der Waals surface area contributed by atoms with Crippen LogP contribution in [0.15, 0.2) is 32.9 Å². The monoisotopic (exact) mass is 1520 g/mol. The van der Waals surface area contributed by atoms with Gasteiger partial charge in [0.25, 0.3) is 0 Å². The van der Waals surface area contributed by atoms with Crippen molar-refractivity contribution in [2.45, 2.75) is 336 Å². The minimum Gasteiger partial charge on any atom is -0.456 e. The van der Waals surface area contributed by atoms with E-state index in [9.17, 15) is 34.2 Å². The van der Waals surface area contributed by atoms with E-state index >= 15 is 0 Å². The SMILES string of the molecule is CC[C@@H](O)[C@@]1(C)OC(=O)N(CCCCN=[N+]=[N-])[C@@H]1[C@@H](C)CC(C)C[C@@](C)(OC)[C@H](O[C@@H]1O[C@H](C)CC(N(C)C)[C@H]1C)[C@@H](C)C1=C(C)C(=O)OC(C)(C)O1.CC[C@@H](O)[C@@]1(C)OC(=O)N(CCCCN=[N+]=[N-])[C@@H]1[C@@H](C)N.CO[C@](C)(CC(C)=O)[C@H](O[C@@H]1OC(C)CC(N(C)C)C1C)C(C)C1=C(C)C(=O)OC(C)(C)O1. The first kappa shape index (κ1) is 93.8. The number of nitrogens with two attached hydrogens (primary N) is 1. The largest absolute Gasteiger partial charge is 0.456 e.